The lowest BCUT2D eigenvalue weighted by molar-refractivity contribution is 0.0987. The van der Waals surface area contributed by atoms with Crippen LogP contribution in [0.4, 0.5) is 20.5 Å². The summed E-state index contributed by atoms with van der Waals surface area (Å²) in [6.45, 7) is 5.63. The van der Waals surface area contributed by atoms with Gasteiger partial charge in [-0.3, -0.25) is 4.21 Å². The van der Waals surface area contributed by atoms with Gasteiger partial charge in [-0.15, -0.1) is 0 Å². The fraction of sp³-hybridized carbons (Fsp3) is 0.379. The number of alkyl halides is 1. The molecular weight excluding hydrogens is 580 g/mol. The van der Waals surface area contributed by atoms with Crippen LogP contribution in [0, 0.1) is 5.82 Å². The van der Waals surface area contributed by atoms with Crippen LogP contribution in [0.15, 0.2) is 42.7 Å². The van der Waals surface area contributed by atoms with Gasteiger partial charge >= 0.3 is 0 Å². The summed E-state index contributed by atoms with van der Waals surface area (Å²) in [5.41, 5.74) is 1.61. The van der Waals surface area contributed by atoms with Crippen LogP contribution in [-0.2, 0) is 16.0 Å². The van der Waals surface area contributed by atoms with Crippen molar-refractivity contribution in [1.82, 2.24) is 24.7 Å². The zero-order valence-electron chi connectivity index (χ0n) is 24.0. The molecular formula is C29H32F2N7O4S-. The van der Waals surface area contributed by atoms with Crippen LogP contribution >= 0.6 is 0 Å². The van der Waals surface area contributed by atoms with Gasteiger partial charge in [-0.2, -0.15) is 0 Å². The fourth-order valence-electron chi connectivity index (χ4n) is 5.01. The van der Waals surface area contributed by atoms with Crippen LogP contribution in [0.3, 0.4) is 0 Å². The van der Waals surface area contributed by atoms with E-state index in [4.69, 9.17) is 19.4 Å². The number of aromatic nitrogens is 4. The molecule has 2 aromatic heterocycles. The fourth-order valence-corrected chi connectivity index (χ4v) is 5.29. The average molecular weight is 613 g/mol. The Hall–Kier alpha value is -3.85. The van der Waals surface area contributed by atoms with E-state index in [9.17, 15) is 8.76 Å². The van der Waals surface area contributed by atoms with E-state index in [1.165, 1.54) is 6.07 Å². The minimum atomic E-state index is -2.53. The maximum absolute atomic E-state index is 15.9. The zero-order valence-corrected chi connectivity index (χ0v) is 24.8. The summed E-state index contributed by atoms with van der Waals surface area (Å²) < 4.78 is 66.3. The van der Waals surface area contributed by atoms with Crippen molar-refractivity contribution in [2.24, 2.45) is 0 Å². The molecule has 3 atom stereocenters. The third-order valence-electron chi connectivity index (χ3n) is 7.11. The van der Waals surface area contributed by atoms with Crippen LogP contribution in [-0.4, -0.2) is 74.7 Å². The highest BCUT2D eigenvalue weighted by Crippen LogP contribution is 2.40. The summed E-state index contributed by atoms with van der Waals surface area (Å²) in [6.07, 6.45) is 1.35. The molecule has 3 unspecified atom stereocenters. The topological polar surface area (TPSA) is 137 Å². The number of benzene rings is 2. The molecule has 228 valence electrons. The van der Waals surface area contributed by atoms with E-state index in [0.29, 0.717) is 71.7 Å². The number of hydrogen-bond donors (Lipinski definition) is 2. The van der Waals surface area contributed by atoms with E-state index in [2.05, 4.69) is 24.9 Å². The van der Waals surface area contributed by atoms with Crippen LogP contribution < -0.4 is 19.7 Å². The molecule has 3 heterocycles. The first kappa shape index (κ1) is 30.6. The number of halogens is 2. The number of nitrogens with zero attached hydrogens (tertiary/aromatic N) is 5. The Kier molecular flexibility index (Phi) is 9.70. The molecule has 0 spiro atoms. The Morgan fingerprint density at radius 2 is 2.02 bits per heavy atom. The Balaban J connectivity index is 1.67. The lowest BCUT2D eigenvalue weighted by Gasteiger charge is -2.35. The predicted molar refractivity (Wildman–Crippen MR) is 160 cm³/mol. The molecule has 0 bridgehead atoms. The van der Waals surface area contributed by atoms with Gasteiger partial charge in [-0.25, -0.2) is 33.4 Å². The molecule has 2 N–H and O–H groups in total. The first-order valence-corrected chi connectivity index (χ1v) is 15.0. The average Bonchev–Trinajstić information content (AvgIpc) is 3.01. The van der Waals surface area contributed by atoms with E-state index in [1.54, 1.807) is 43.7 Å². The molecule has 0 amide bonds. The molecule has 43 heavy (non-hydrogen) atoms. The van der Waals surface area contributed by atoms with Gasteiger partial charge in [0.2, 0.25) is 5.95 Å². The maximum atomic E-state index is 15.9. The molecule has 5 rings (SSSR count). The molecule has 1 aliphatic heterocycles. The Morgan fingerprint density at radius 3 is 2.72 bits per heavy atom. The van der Waals surface area contributed by atoms with Crippen molar-refractivity contribution in [2.75, 3.05) is 50.2 Å². The third kappa shape index (κ3) is 6.72. The lowest BCUT2D eigenvalue weighted by Crippen LogP contribution is -2.44. The summed E-state index contributed by atoms with van der Waals surface area (Å²) in [7, 11) is 1.73. The van der Waals surface area contributed by atoms with Gasteiger partial charge in [0, 0.05) is 60.3 Å². The van der Waals surface area contributed by atoms with Crippen molar-refractivity contribution in [2.45, 2.75) is 32.5 Å². The van der Waals surface area contributed by atoms with Crippen molar-refractivity contribution in [3.8, 4) is 28.3 Å². The molecule has 1 aliphatic rings. The van der Waals surface area contributed by atoms with Crippen LogP contribution in [0.1, 0.15) is 32.0 Å². The van der Waals surface area contributed by atoms with Crippen molar-refractivity contribution < 1.29 is 27.0 Å². The minimum absolute atomic E-state index is 0.00811. The van der Waals surface area contributed by atoms with Gasteiger partial charge in [0.25, 0.3) is 0 Å². The molecule has 11 nitrogen and oxygen atoms in total. The highest BCUT2D eigenvalue weighted by atomic mass is 32.2. The molecule has 0 radical (unpaired) electrons. The van der Waals surface area contributed by atoms with Gasteiger partial charge in [0.05, 0.1) is 31.4 Å². The first-order valence-electron chi connectivity index (χ1n) is 13.9. The van der Waals surface area contributed by atoms with Gasteiger partial charge in [-0.1, -0.05) is 18.2 Å². The van der Waals surface area contributed by atoms with E-state index in [0.717, 1.165) is 0 Å². The number of hydrogen-bond acceptors (Lipinski definition) is 10. The van der Waals surface area contributed by atoms with E-state index in [1.807, 2.05) is 13.8 Å². The number of nitrogens with one attached hydrogen (secondary N) is 2. The smallest absolute Gasteiger partial charge is 0.222 e. The van der Waals surface area contributed by atoms with E-state index in [-0.39, 0.29) is 30.1 Å². The quantitative estimate of drug-likeness (QED) is 0.235. The van der Waals surface area contributed by atoms with Crippen LogP contribution in [0.5, 0.6) is 5.75 Å². The normalized spacial score (nSPS) is 16.7. The van der Waals surface area contributed by atoms with Crippen LogP contribution in [0.25, 0.3) is 33.4 Å². The van der Waals surface area contributed by atoms with E-state index < -0.39 is 23.3 Å². The first-order chi connectivity index (χ1) is 20.8. The van der Waals surface area contributed by atoms with Crippen LogP contribution in [0.2, 0.25) is 0 Å². The third-order valence-corrected chi connectivity index (χ3v) is 7.55. The zero-order chi connectivity index (χ0) is 30.5. The summed E-state index contributed by atoms with van der Waals surface area (Å²) in [5.74, 6) is 1.16. The Labute approximate surface area is 250 Å². The van der Waals surface area contributed by atoms with Gasteiger partial charge in [-0.05, 0) is 38.0 Å². The Morgan fingerprint density at radius 1 is 1.23 bits per heavy atom. The number of fused-ring (bicyclic) bond motifs is 1. The molecule has 1 fully saturated rings. The van der Waals surface area contributed by atoms with Gasteiger partial charge < -0.3 is 24.2 Å². The number of ether oxygens (including phenoxy) is 2. The number of morpholine rings is 1. The molecule has 2 aromatic carbocycles. The summed E-state index contributed by atoms with van der Waals surface area (Å²) in [5, 5.41) is 3.53. The van der Waals surface area contributed by atoms with Crippen molar-refractivity contribution >= 4 is 33.9 Å². The lowest BCUT2D eigenvalue weighted by atomic mass is 9.97. The number of rotatable bonds is 11. The van der Waals surface area contributed by atoms with Crippen molar-refractivity contribution in [1.29, 1.82) is 0 Å². The summed E-state index contributed by atoms with van der Waals surface area (Å²) in [4.78, 5) is 20.5. The maximum Gasteiger partial charge on any atom is 0.222 e. The SMILES string of the molecule is CCOc1cc(-c2cccc(C(F)CCNS(=O)[O-])c2F)cc2c(N3CCOCC3C)nc(-c3cnc(NC)nc3)nc12. The molecule has 4 aromatic rings. The summed E-state index contributed by atoms with van der Waals surface area (Å²) in [6, 6.07) is 7.97. The molecule has 14 heteroatoms. The highest BCUT2D eigenvalue weighted by molar-refractivity contribution is 7.77. The standard InChI is InChI=1S/C29H33F2N7O4S/c1-4-42-24-13-18(20-6-5-7-21(25(20)31)23(30)8-9-35-43(39)40)12-22-26(24)36-27(19-14-33-29(32-3)34-15-19)37-28(22)38-10-11-41-16-17(38)2/h5-7,12-15,17,23,35H,4,8-11,16H2,1-3H3,(H,39,40)(H,32,33,34)/p-1. The molecule has 1 saturated heterocycles. The summed E-state index contributed by atoms with van der Waals surface area (Å²) >= 11 is -2.53. The second kappa shape index (κ2) is 13.6. The number of anilines is 2. The van der Waals surface area contributed by atoms with Gasteiger partial charge in [0.1, 0.15) is 29.1 Å². The highest BCUT2D eigenvalue weighted by Gasteiger charge is 2.26. The van der Waals surface area contributed by atoms with Gasteiger partial charge in [0.15, 0.2) is 5.82 Å². The largest absolute Gasteiger partial charge is 0.760 e. The predicted octanol–water partition coefficient (Wildman–Crippen LogP) is 4.34. The molecule has 0 saturated carbocycles. The Bertz CT molecular complexity index is 1610. The second-order valence-corrected chi connectivity index (χ2v) is 10.7. The van der Waals surface area contributed by atoms with Crippen molar-refractivity contribution in [3.05, 3.63) is 54.1 Å². The van der Waals surface area contributed by atoms with Crippen molar-refractivity contribution in [3.63, 3.8) is 0 Å². The second-order valence-electron chi connectivity index (χ2n) is 9.93. The van der Waals surface area contributed by atoms with E-state index >= 15 is 8.78 Å². The minimum Gasteiger partial charge on any atom is -0.760 e. The molecule has 0 aliphatic carbocycles. The monoisotopic (exact) mass is 612 g/mol.